The van der Waals surface area contributed by atoms with Gasteiger partial charge in [-0.25, -0.2) is 0 Å². The number of hydrogen-bond donors (Lipinski definition) is 0. The molecule has 2 unspecified atom stereocenters. The number of benzene rings is 1. The molecule has 2 atom stereocenters. The maximum Gasteiger partial charge on any atom is 0.122 e. The van der Waals surface area contributed by atoms with Gasteiger partial charge in [-0.1, -0.05) is 6.92 Å². The summed E-state index contributed by atoms with van der Waals surface area (Å²) in [5, 5.41) is 0. The van der Waals surface area contributed by atoms with E-state index in [1.54, 1.807) is 14.2 Å². The first-order valence-corrected chi connectivity index (χ1v) is 7.86. The SMILES string of the molecule is CCCN1CCOC2Cc3c(OC)ccc(OC)c3CC21. The molecule has 2 aliphatic rings. The standard InChI is InChI=1S/C17H25NO3/c1-4-7-18-8-9-21-17-11-13-12(10-14(17)18)15(19-2)5-6-16(13)20-3/h5-6,14,17H,4,7-11H2,1-3H3. The molecule has 21 heavy (non-hydrogen) atoms. The molecule has 1 aromatic rings. The highest BCUT2D eigenvalue weighted by Crippen LogP contribution is 2.39. The summed E-state index contributed by atoms with van der Waals surface area (Å²) in [6.07, 6.45) is 3.37. The second-order valence-electron chi connectivity index (χ2n) is 5.85. The predicted octanol–water partition coefficient (Wildman–Crippen LogP) is 2.28. The van der Waals surface area contributed by atoms with Gasteiger partial charge in [0.25, 0.3) is 0 Å². The monoisotopic (exact) mass is 291 g/mol. The summed E-state index contributed by atoms with van der Waals surface area (Å²) in [6, 6.07) is 4.49. The molecule has 0 spiro atoms. The van der Waals surface area contributed by atoms with E-state index in [0.29, 0.717) is 6.04 Å². The smallest absolute Gasteiger partial charge is 0.122 e. The fourth-order valence-corrected chi connectivity index (χ4v) is 3.74. The second kappa shape index (κ2) is 6.24. The van der Waals surface area contributed by atoms with Gasteiger partial charge in [-0.15, -0.1) is 0 Å². The number of morpholine rings is 1. The number of fused-ring (bicyclic) bond motifs is 2. The van der Waals surface area contributed by atoms with Gasteiger partial charge >= 0.3 is 0 Å². The number of rotatable bonds is 4. The summed E-state index contributed by atoms with van der Waals surface area (Å²) in [5.74, 6) is 1.94. The fraction of sp³-hybridized carbons (Fsp3) is 0.647. The summed E-state index contributed by atoms with van der Waals surface area (Å²) in [4.78, 5) is 2.58. The minimum Gasteiger partial charge on any atom is -0.496 e. The third-order valence-electron chi connectivity index (χ3n) is 4.72. The van der Waals surface area contributed by atoms with Crippen LogP contribution in [0.2, 0.25) is 0 Å². The first kappa shape index (κ1) is 14.7. The highest BCUT2D eigenvalue weighted by molar-refractivity contribution is 5.51. The van der Waals surface area contributed by atoms with Crippen molar-refractivity contribution >= 4 is 0 Å². The Labute approximate surface area is 127 Å². The molecule has 0 aromatic heterocycles. The lowest BCUT2D eigenvalue weighted by atomic mass is 9.83. The third kappa shape index (κ3) is 2.62. The van der Waals surface area contributed by atoms with Gasteiger partial charge in [0.2, 0.25) is 0 Å². The molecule has 116 valence electrons. The molecule has 0 bridgehead atoms. The van der Waals surface area contributed by atoms with Crippen LogP contribution in [0.5, 0.6) is 11.5 Å². The topological polar surface area (TPSA) is 30.9 Å². The lowest BCUT2D eigenvalue weighted by Gasteiger charge is -2.44. The molecule has 0 saturated carbocycles. The van der Waals surface area contributed by atoms with Crippen LogP contribution in [0.1, 0.15) is 24.5 Å². The van der Waals surface area contributed by atoms with Crippen molar-refractivity contribution in [2.45, 2.75) is 38.3 Å². The zero-order valence-electron chi connectivity index (χ0n) is 13.2. The van der Waals surface area contributed by atoms with Gasteiger partial charge in [-0.2, -0.15) is 0 Å². The van der Waals surface area contributed by atoms with E-state index in [4.69, 9.17) is 14.2 Å². The minimum absolute atomic E-state index is 0.277. The molecule has 1 saturated heterocycles. The minimum atomic E-state index is 0.277. The highest BCUT2D eigenvalue weighted by atomic mass is 16.5. The van der Waals surface area contributed by atoms with Gasteiger partial charge in [0.1, 0.15) is 11.5 Å². The number of ether oxygens (including phenoxy) is 3. The van der Waals surface area contributed by atoms with Crippen molar-refractivity contribution in [1.82, 2.24) is 4.90 Å². The Kier molecular flexibility index (Phi) is 4.36. The molecule has 1 aliphatic carbocycles. The van der Waals surface area contributed by atoms with Crippen LogP contribution in [0.4, 0.5) is 0 Å². The molecule has 4 nitrogen and oxygen atoms in total. The Morgan fingerprint density at radius 3 is 2.43 bits per heavy atom. The molecule has 4 heteroatoms. The van der Waals surface area contributed by atoms with Gasteiger partial charge in [0, 0.05) is 30.1 Å². The quantitative estimate of drug-likeness (QED) is 0.851. The first-order valence-electron chi connectivity index (χ1n) is 7.86. The maximum absolute atomic E-state index is 6.05. The molecule has 1 aliphatic heterocycles. The molecular formula is C17H25NO3. The van der Waals surface area contributed by atoms with E-state index in [2.05, 4.69) is 11.8 Å². The van der Waals surface area contributed by atoms with Crippen molar-refractivity contribution in [1.29, 1.82) is 0 Å². The molecule has 1 fully saturated rings. The Hall–Kier alpha value is -1.26. The Bertz CT molecular complexity index is 501. The number of nitrogens with zero attached hydrogens (tertiary/aromatic N) is 1. The summed E-state index contributed by atoms with van der Waals surface area (Å²) in [7, 11) is 3.48. The Morgan fingerprint density at radius 1 is 1.14 bits per heavy atom. The average Bonchev–Trinajstić information content (AvgIpc) is 2.52. The molecule has 1 aromatic carbocycles. The summed E-state index contributed by atoms with van der Waals surface area (Å²) >= 11 is 0. The van der Waals surface area contributed by atoms with Crippen LogP contribution in [-0.2, 0) is 17.6 Å². The molecule has 3 rings (SSSR count). The summed E-state index contributed by atoms with van der Waals surface area (Å²) in [6.45, 7) is 5.26. The maximum atomic E-state index is 6.05. The van der Waals surface area contributed by atoms with Crippen LogP contribution in [-0.4, -0.2) is 51.0 Å². The second-order valence-corrected chi connectivity index (χ2v) is 5.85. The lowest BCUT2D eigenvalue weighted by molar-refractivity contribution is -0.0743. The highest BCUT2D eigenvalue weighted by Gasteiger charge is 2.38. The lowest BCUT2D eigenvalue weighted by Crippen LogP contribution is -2.55. The van der Waals surface area contributed by atoms with E-state index >= 15 is 0 Å². The van der Waals surface area contributed by atoms with Crippen molar-refractivity contribution in [2.24, 2.45) is 0 Å². The molecule has 0 amide bonds. The van der Waals surface area contributed by atoms with E-state index in [1.807, 2.05) is 12.1 Å². The fourth-order valence-electron chi connectivity index (χ4n) is 3.74. The molecular weight excluding hydrogens is 266 g/mol. The summed E-state index contributed by atoms with van der Waals surface area (Å²) in [5.41, 5.74) is 2.56. The van der Waals surface area contributed by atoms with Crippen LogP contribution in [0, 0.1) is 0 Å². The molecule has 1 heterocycles. The first-order chi connectivity index (χ1) is 10.3. The van der Waals surface area contributed by atoms with E-state index in [-0.39, 0.29) is 6.10 Å². The largest absolute Gasteiger partial charge is 0.496 e. The van der Waals surface area contributed by atoms with Crippen molar-refractivity contribution in [2.75, 3.05) is 33.9 Å². The van der Waals surface area contributed by atoms with Gasteiger partial charge < -0.3 is 14.2 Å². The van der Waals surface area contributed by atoms with E-state index in [0.717, 1.165) is 44.0 Å². The van der Waals surface area contributed by atoms with Crippen molar-refractivity contribution in [3.8, 4) is 11.5 Å². The van der Waals surface area contributed by atoms with Crippen LogP contribution in [0.3, 0.4) is 0 Å². The molecule has 0 N–H and O–H groups in total. The van der Waals surface area contributed by atoms with Crippen molar-refractivity contribution in [3.63, 3.8) is 0 Å². The third-order valence-corrected chi connectivity index (χ3v) is 4.72. The van der Waals surface area contributed by atoms with Crippen LogP contribution < -0.4 is 9.47 Å². The van der Waals surface area contributed by atoms with Crippen molar-refractivity contribution in [3.05, 3.63) is 23.3 Å². The van der Waals surface area contributed by atoms with Gasteiger partial charge in [0.05, 0.1) is 26.9 Å². The zero-order chi connectivity index (χ0) is 14.8. The van der Waals surface area contributed by atoms with Gasteiger partial charge in [-0.3, -0.25) is 4.90 Å². The van der Waals surface area contributed by atoms with Crippen LogP contribution >= 0.6 is 0 Å². The Morgan fingerprint density at radius 2 is 1.81 bits per heavy atom. The average molecular weight is 291 g/mol. The molecule has 0 radical (unpaired) electrons. The predicted molar refractivity (Wildman–Crippen MR) is 82.3 cm³/mol. The van der Waals surface area contributed by atoms with Crippen LogP contribution in [0.15, 0.2) is 12.1 Å². The number of methoxy groups -OCH3 is 2. The number of hydrogen-bond acceptors (Lipinski definition) is 4. The van der Waals surface area contributed by atoms with E-state index < -0.39 is 0 Å². The normalized spacial score (nSPS) is 25.1. The summed E-state index contributed by atoms with van der Waals surface area (Å²) < 4.78 is 17.2. The van der Waals surface area contributed by atoms with Gasteiger partial charge in [-0.05, 0) is 31.5 Å². The zero-order valence-corrected chi connectivity index (χ0v) is 13.2. The Balaban J connectivity index is 1.96. The van der Waals surface area contributed by atoms with Crippen LogP contribution in [0.25, 0.3) is 0 Å². The van der Waals surface area contributed by atoms with Gasteiger partial charge in [0.15, 0.2) is 0 Å². The van der Waals surface area contributed by atoms with E-state index in [9.17, 15) is 0 Å². The van der Waals surface area contributed by atoms with Crippen molar-refractivity contribution < 1.29 is 14.2 Å². The van der Waals surface area contributed by atoms with E-state index in [1.165, 1.54) is 17.5 Å².